The molecule has 1 aromatic carbocycles. The second kappa shape index (κ2) is 4.82. The minimum absolute atomic E-state index is 0.167. The van der Waals surface area contributed by atoms with Gasteiger partial charge in [-0.3, -0.25) is 4.98 Å². The Bertz CT molecular complexity index is 577. The standard InChI is InChI=1S/C16H21N3/c1-16(2)12-19(10-4-9-18-16)14-6-7-15-13(11-14)5-3-8-17-15/h3,5-8,11,18H,4,9-10,12H2,1-2H3. The molecule has 0 radical (unpaired) electrons. The fourth-order valence-electron chi connectivity index (χ4n) is 2.79. The van der Waals surface area contributed by atoms with Gasteiger partial charge in [-0.2, -0.15) is 0 Å². The van der Waals surface area contributed by atoms with Crippen molar-refractivity contribution in [1.82, 2.24) is 10.3 Å². The van der Waals surface area contributed by atoms with Gasteiger partial charge in [-0.05, 0) is 51.1 Å². The third kappa shape index (κ3) is 2.71. The number of anilines is 1. The predicted molar refractivity (Wildman–Crippen MR) is 80.7 cm³/mol. The molecule has 0 atom stereocenters. The highest BCUT2D eigenvalue weighted by Crippen LogP contribution is 2.23. The molecule has 0 spiro atoms. The molecule has 0 unspecified atom stereocenters. The summed E-state index contributed by atoms with van der Waals surface area (Å²) in [5.41, 5.74) is 2.54. The maximum Gasteiger partial charge on any atom is 0.0703 e. The van der Waals surface area contributed by atoms with Crippen LogP contribution in [0.2, 0.25) is 0 Å². The topological polar surface area (TPSA) is 28.2 Å². The van der Waals surface area contributed by atoms with E-state index in [1.165, 1.54) is 17.5 Å². The molecule has 0 bridgehead atoms. The monoisotopic (exact) mass is 255 g/mol. The lowest BCUT2D eigenvalue weighted by atomic mass is 10.1. The highest BCUT2D eigenvalue weighted by molar-refractivity contribution is 5.82. The lowest BCUT2D eigenvalue weighted by Crippen LogP contribution is -2.46. The first kappa shape index (κ1) is 12.4. The van der Waals surface area contributed by atoms with Crippen LogP contribution in [0.25, 0.3) is 10.9 Å². The first-order valence-electron chi connectivity index (χ1n) is 6.99. The van der Waals surface area contributed by atoms with Gasteiger partial charge in [0.15, 0.2) is 0 Å². The SMILES string of the molecule is CC1(C)CN(c2ccc3ncccc3c2)CCCN1. The van der Waals surface area contributed by atoms with Gasteiger partial charge in [-0.1, -0.05) is 6.07 Å². The number of hydrogen-bond donors (Lipinski definition) is 1. The van der Waals surface area contributed by atoms with E-state index in [-0.39, 0.29) is 5.54 Å². The molecule has 3 heteroatoms. The van der Waals surface area contributed by atoms with Crippen LogP contribution < -0.4 is 10.2 Å². The Morgan fingerprint density at radius 1 is 1.26 bits per heavy atom. The predicted octanol–water partition coefficient (Wildman–Crippen LogP) is 2.81. The Labute approximate surface area is 114 Å². The molecular formula is C16H21N3. The van der Waals surface area contributed by atoms with E-state index in [1.807, 2.05) is 12.3 Å². The van der Waals surface area contributed by atoms with Gasteiger partial charge < -0.3 is 10.2 Å². The summed E-state index contributed by atoms with van der Waals surface area (Å²) >= 11 is 0. The van der Waals surface area contributed by atoms with E-state index in [0.29, 0.717) is 0 Å². The number of benzene rings is 1. The van der Waals surface area contributed by atoms with Gasteiger partial charge in [-0.25, -0.2) is 0 Å². The van der Waals surface area contributed by atoms with Gasteiger partial charge in [0, 0.05) is 35.9 Å². The van der Waals surface area contributed by atoms with E-state index in [9.17, 15) is 0 Å². The summed E-state index contributed by atoms with van der Waals surface area (Å²) in [4.78, 5) is 6.86. The lowest BCUT2D eigenvalue weighted by Gasteiger charge is -2.31. The van der Waals surface area contributed by atoms with Crippen molar-refractivity contribution in [3.63, 3.8) is 0 Å². The molecule has 0 saturated carbocycles. The van der Waals surface area contributed by atoms with Crippen molar-refractivity contribution in [3.05, 3.63) is 36.5 Å². The van der Waals surface area contributed by atoms with E-state index in [0.717, 1.165) is 25.2 Å². The molecule has 1 fully saturated rings. The summed E-state index contributed by atoms with van der Waals surface area (Å²) < 4.78 is 0. The first-order valence-corrected chi connectivity index (χ1v) is 6.99. The number of aromatic nitrogens is 1. The maximum atomic E-state index is 4.38. The van der Waals surface area contributed by atoms with E-state index in [4.69, 9.17) is 0 Å². The molecule has 2 heterocycles. The Balaban J connectivity index is 1.94. The van der Waals surface area contributed by atoms with Gasteiger partial charge in [0.2, 0.25) is 0 Å². The summed E-state index contributed by atoms with van der Waals surface area (Å²) in [6.45, 7) is 7.79. The minimum Gasteiger partial charge on any atom is -0.370 e. The third-order valence-corrected chi connectivity index (χ3v) is 3.75. The van der Waals surface area contributed by atoms with Gasteiger partial charge >= 0.3 is 0 Å². The van der Waals surface area contributed by atoms with Gasteiger partial charge in [0.25, 0.3) is 0 Å². The molecule has 3 rings (SSSR count). The third-order valence-electron chi connectivity index (χ3n) is 3.75. The van der Waals surface area contributed by atoms with E-state index < -0.39 is 0 Å². The fraction of sp³-hybridized carbons (Fsp3) is 0.438. The summed E-state index contributed by atoms with van der Waals surface area (Å²) in [5, 5.41) is 4.82. The van der Waals surface area contributed by atoms with E-state index in [1.54, 1.807) is 0 Å². The van der Waals surface area contributed by atoms with Gasteiger partial charge in [-0.15, -0.1) is 0 Å². The van der Waals surface area contributed by atoms with Crippen molar-refractivity contribution in [2.24, 2.45) is 0 Å². The normalized spacial score (nSPS) is 19.4. The van der Waals surface area contributed by atoms with Crippen molar-refractivity contribution in [3.8, 4) is 0 Å². The second-order valence-electron chi connectivity index (χ2n) is 5.97. The van der Waals surface area contributed by atoms with Crippen molar-refractivity contribution in [2.45, 2.75) is 25.8 Å². The van der Waals surface area contributed by atoms with Crippen LogP contribution in [0.5, 0.6) is 0 Å². The van der Waals surface area contributed by atoms with Crippen molar-refractivity contribution in [2.75, 3.05) is 24.5 Å². The highest BCUT2D eigenvalue weighted by atomic mass is 15.2. The molecule has 1 saturated heterocycles. The average molecular weight is 255 g/mol. The van der Waals surface area contributed by atoms with E-state index >= 15 is 0 Å². The Morgan fingerprint density at radius 2 is 2.16 bits per heavy atom. The lowest BCUT2D eigenvalue weighted by molar-refractivity contribution is 0.416. The Kier molecular flexibility index (Phi) is 3.15. The van der Waals surface area contributed by atoms with Crippen LogP contribution in [-0.4, -0.2) is 30.2 Å². The fourth-order valence-corrected chi connectivity index (χ4v) is 2.79. The van der Waals surface area contributed by atoms with Crippen LogP contribution in [0.15, 0.2) is 36.5 Å². The number of hydrogen-bond acceptors (Lipinski definition) is 3. The maximum absolute atomic E-state index is 4.38. The smallest absolute Gasteiger partial charge is 0.0703 e. The molecular weight excluding hydrogens is 234 g/mol. The summed E-state index contributed by atoms with van der Waals surface area (Å²) in [5.74, 6) is 0. The molecule has 1 aromatic heterocycles. The van der Waals surface area contributed by atoms with Crippen molar-refractivity contribution >= 4 is 16.6 Å². The second-order valence-corrected chi connectivity index (χ2v) is 5.97. The van der Waals surface area contributed by atoms with Crippen molar-refractivity contribution in [1.29, 1.82) is 0 Å². The zero-order chi connectivity index (χ0) is 13.3. The quantitative estimate of drug-likeness (QED) is 0.849. The molecule has 0 amide bonds. The zero-order valence-corrected chi connectivity index (χ0v) is 11.7. The molecule has 1 N–H and O–H groups in total. The van der Waals surface area contributed by atoms with Gasteiger partial charge in [0.05, 0.1) is 5.52 Å². The molecule has 2 aromatic rings. The zero-order valence-electron chi connectivity index (χ0n) is 11.7. The molecule has 3 nitrogen and oxygen atoms in total. The number of pyridine rings is 1. The van der Waals surface area contributed by atoms with Crippen LogP contribution in [0.3, 0.4) is 0 Å². The average Bonchev–Trinajstić information content (AvgIpc) is 2.59. The molecule has 1 aliphatic heterocycles. The summed E-state index contributed by atoms with van der Waals surface area (Å²) in [6, 6.07) is 10.7. The van der Waals surface area contributed by atoms with Crippen LogP contribution in [0.4, 0.5) is 5.69 Å². The van der Waals surface area contributed by atoms with Crippen molar-refractivity contribution < 1.29 is 0 Å². The molecule has 1 aliphatic rings. The number of nitrogens with zero attached hydrogens (tertiary/aromatic N) is 2. The number of nitrogens with one attached hydrogen (secondary N) is 1. The largest absolute Gasteiger partial charge is 0.370 e. The van der Waals surface area contributed by atoms with Crippen LogP contribution in [0, 0.1) is 0 Å². The Hall–Kier alpha value is -1.61. The minimum atomic E-state index is 0.167. The van der Waals surface area contributed by atoms with Crippen LogP contribution in [0.1, 0.15) is 20.3 Å². The number of rotatable bonds is 1. The molecule has 0 aliphatic carbocycles. The van der Waals surface area contributed by atoms with E-state index in [2.05, 4.69) is 53.3 Å². The number of fused-ring (bicyclic) bond motifs is 1. The van der Waals surface area contributed by atoms with Gasteiger partial charge in [0.1, 0.15) is 0 Å². The summed E-state index contributed by atoms with van der Waals surface area (Å²) in [6.07, 6.45) is 3.04. The van der Waals surface area contributed by atoms with Crippen LogP contribution >= 0.6 is 0 Å². The highest BCUT2D eigenvalue weighted by Gasteiger charge is 2.24. The summed E-state index contributed by atoms with van der Waals surface area (Å²) in [7, 11) is 0. The molecule has 19 heavy (non-hydrogen) atoms. The van der Waals surface area contributed by atoms with Crippen LogP contribution in [-0.2, 0) is 0 Å². The first-order chi connectivity index (χ1) is 9.14. The Morgan fingerprint density at radius 3 is 3.05 bits per heavy atom. The molecule has 100 valence electrons.